The van der Waals surface area contributed by atoms with Gasteiger partial charge in [0, 0.05) is 30.5 Å². The van der Waals surface area contributed by atoms with Crippen molar-refractivity contribution in [1.82, 2.24) is 14.4 Å². The molecule has 5 heteroatoms. The van der Waals surface area contributed by atoms with Gasteiger partial charge >= 0.3 is 0 Å². The van der Waals surface area contributed by atoms with E-state index in [1.807, 2.05) is 53.2 Å². The van der Waals surface area contributed by atoms with Crippen molar-refractivity contribution in [3.05, 3.63) is 60.9 Å². The topological polar surface area (TPSA) is 48.7 Å². The molecule has 1 saturated heterocycles. The molecule has 0 N–H and O–H groups in total. The second-order valence-corrected chi connectivity index (χ2v) is 6.55. The molecule has 1 aliphatic heterocycles. The average molecular weight is 345 g/mol. The fraction of sp³-hybridized carbons (Fsp3) is 0.238. The second-order valence-electron chi connectivity index (χ2n) is 6.55. The van der Waals surface area contributed by atoms with Gasteiger partial charge in [0.25, 0.3) is 0 Å². The standard InChI is InChI=1S/C21H19N3O2/c1-2-4-18-15(3-1)5-6-19(23-18)20-14-22-21-13-17(7-10-24(20)21)26-16-8-11-25-12-9-16/h1-7,10,13-14,16H,8-9,11-12H2. The molecular formula is C21H19N3O2. The Morgan fingerprint density at radius 1 is 1.04 bits per heavy atom. The van der Waals surface area contributed by atoms with E-state index in [1.165, 1.54) is 0 Å². The van der Waals surface area contributed by atoms with E-state index in [-0.39, 0.29) is 6.10 Å². The lowest BCUT2D eigenvalue weighted by molar-refractivity contribution is 0.0256. The maximum Gasteiger partial charge on any atom is 0.140 e. The van der Waals surface area contributed by atoms with Crippen molar-refractivity contribution in [3.63, 3.8) is 0 Å². The molecular weight excluding hydrogens is 326 g/mol. The van der Waals surface area contributed by atoms with Gasteiger partial charge in [-0.15, -0.1) is 0 Å². The Labute approximate surface area is 151 Å². The molecule has 1 aliphatic rings. The fourth-order valence-electron chi connectivity index (χ4n) is 3.42. The van der Waals surface area contributed by atoms with Crippen LogP contribution in [0.1, 0.15) is 12.8 Å². The highest BCUT2D eigenvalue weighted by Gasteiger charge is 2.16. The summed E-state index contributed by atoms with van der Waals surface area (Å²) >= 11 is 0. The Kier molecular flexibility index (Phi) is 3.79. The summed E-state index contributed by atoms with van der Waals surface area (Å²) in [4.78, 5) is 9.32. The highest BCUT2D eigenvalue weighted by Crippen LogP contribution is 2.25. The summed E-state index contributed by atoms with van der Waals surface area (Å²) in [6, 6.07) is 16.3. The van der Waals surface area contributed by atoms with Crippen LogP contribution in [0, 0.1) is 0 Å². The lowest BCUT2D eigenvalue weighted by atomic mass is 10.1. The van der Waals surface area contributed by atoms with Crippen molar-refractivity contribution in [1.29, 1.82) is 0 Å². The second kappa shape index (κ2) is 6.42. The number of imidazole rings is 1. The number of pyridine rings is 2. The Morgan fingerprint density at radius 2 is 1.92 bits per heavy atom. The van der Waals surface area contributed by atoms with Crippen molar-refractivity contribution in [2.45, 2.75) is 18.9 Å². The highest BCUT2D eigenvalue weighted by atomic mass is 16.5. The molecule has 0 bridgehead atoms. The van der Waals surface area contributed by atoms with Crippen LogP contribution < -0.4 is 4.74 Å². The van der Waals surface area contributed by atoms with Gasteiger partial charge in [0.15, 0.2) is 0 Å². The van der Waals surface area contributed by atoms with Crippen molar-refractivity contribution < 1.29 is 9.47 Å². The van der Waals surface area contributed by atoms with E-state index in [0.29, 0.717) is 0 Å². The summed E-state index contributed by atoms with van der Waals surface area (Å²) in [6.07, 6.45) is 5.97. The molecule has 4 heterocycles. The quantitative estimate of drug-likeness (QED) is 0.561. The molecule has 130 valence electrons. The minimum absolute atomic E-state index is 0.225. The first-order valence-corrected chi connectivity index (χ1v) is 8.94. The first kappa shape index (κ1) is 15.3. The molecule has 5 nitrogen and oxygen atoms in total. The molecule has 0 spiro atoms. The highest BCUT2D eigenvalue weighted by molar-refractivity contribution is 5.81. The van der Waals surface area contributed by atoms with Gasteiger partial charge in [0.2, 0.25) is 0 Å². The van der Waals surface area contributed by atoms with Crippen LogP contribution in [0.4, 0.5) is 0 Å². The number of hydrogen-bond donors (Lipinski definition) is 0. The lowest BCUT2D eigenvalue weighted by Gasteiger charge is -2.23. The molecule has 3 aromatic heterocycles. The Morgan fingerprint density at radius 3 is 2.85 bits per heavy atom. The third kappa shape index (κ3) is 2.80. The summed E-state index contributed by atoms with van der Waals surface area (Å²) in [7, 11) is 0. The molecule has 0 unspecified atom stereocenters. The smallest absolute Gasteiger partial charge is 0.140 e. The number of aromatic nitrogens is 3. The van der Waals surface area contributed by atoms with Gasteiger partial charge in [0.05, 0.1) is 36.3 Å². The molecule has 0 atom stereocenters. The third-order valence-electron chi connectivity index (χ3n) is 4.82. The van der Waals surface area contributed by atoms with E-state index in [1.54, 1.807) is 0 Å². The summed E-state index contributed by atoms with van der Waals surface area (Å²) in [6.45, 7) is 1.54. The van der Waals surface area contributed by atoms with Crippen LogP contribution in [-0.2, 0) is 4.74 Å². The zero-order chi connectivity index (χ0) is 17.3. The van der Waals surface area contributed by atoms with Crippen LogP contribution in [0.15, 0.2) is 60.9 Å². The van der Waals surface area contributed by atoms with Crippen LogP contribution >= 0.6 is 0 Å². The Hall–Kier alpha value is -2.92. The summed E-state index contributed by atoms with van der Waals surface area (Å²) in [5.41, 5.74) is 3.73. The molecule has 5 rings (SSSR count). The van der Waals surface area contributed by atoms with Crippen molar-refractivity contribution in [2.24, 2.45) is 0 Å². The lowest BCUT2D eigenvalue weighted by Crippen LogP contribution is -2.25. The molecule has 0 amide bonds. The molecule has 0 radical (unpaired) electrons. The van der Waals surface area contributed by atoms with Gasteiger partial charge in [-0.25, -0.2) is 9.97 Å². The predicted octanol–water partition coefficient (Wildman–Crippen LogP) is 4.11. The number of para-hydroxylation sites is 1. The molecule has 1 fully saturated rings. The van der Waals surface area contributed by atoms with Crippen molar-refractivity contribution in [2.75, 3.05) is 13.2 Å². The average Bonchev–Trinajstić information content (AvgIpc) is 3.12. The van der Waals surface area contributed by atoms with Crippen molar-refractivity contribution >= 4 is 16.6 Å². The van der Waals surface area contributed by atoms with Gasteiger partial charge in [0.1, 0.15) is 17.5 Å². The van der Waals surface area contributed by atoms with Gasteiger partial charge in [-0.1, -0.05) is 24.3 Å². The van der Waals surface area contributed by atoms with E-state index in [4.69, 9.17) is 14.5 Å². The first-order valence-electron chi connectivity index (χ1n) is 8.94. The molecule has 1 aromatic carbocycles. The summed E-state index contributed by atoms with van der Waals surface area (Å²) < 4.78 is 13.5. The molecule has 0 saturated carbocycles. The number of nitrogens with zero attached hydrogens (tertiary/aromatic N) is 3. The van der Waals surface area contributed by atoms with Gasteiger partial charge in [-0.3, -0.25) is 4.40 Å². The van der Waals surface area contributed by atoms with Crippen molar-refractivity contribution in [3.8, 4) is 17.1 Å². The Bertz CT molecular complexity index is 1070. The van der Waals surface area contributed by atoms with Gasteiger partial charge in [-0.05, 0) is 18.2 Å². The van der Waals surface area contributed by atoms with Gasteiger partial charge < -0.3 is 9.47 Å². The number of ether oxygens (including phenoxy) is 2. The monoisotopic (exact) mass is 345 g/mol. The Balaban J connectivity index is 1.48. The maximum atomic E-state index is 6.09. The van der Waals surface area contributed by atoms with Crippen LogP contribution in [-0.4, -0.2) is 33.7 Å². The normalized spacial score (nSPS) is 15.5. The zero-order valence-corrected chi connectivity index (χ0v) is 14.3. The van der Waals surface area contributed by atoms with Crippen LogP contribution in [0.3, 0.4) is 0 Å². The molecule has 26 heavy (non-hydrogen) atoms. The minimum Gasteiger partial charge on any atom is -0.490 e. The molecule has 0 aliphatic carbocycles. The maximum absolute atomic E-state index is 6.09. The number of hydrogen-bond acceptors (Lipinski definition) is 4. The van der Waals surface area contributed by atoms with E-state index in [2.05, 4.69) is 17.1 Å². The predicted molar refractivity (Wildman–Crippen MR) is 100 cm³/mol. The molecule has 4 aromatic rings. The SMILES string of the molecule is c1ccc2nc(-c3cnc4cc(OC5CCOCC5)ccn34)ccc2c1. The number of fused-ring (bicyclic) bond motifs is 2. The first-order chi connectivity index (χ1) is 12.9. The fourth-order valence-corrected chi connectivity index (χ4v) is 3.42. The van der Waals surface area contributed by atoms with Crippen LogP contribution in [0.2, 0.25) is 0 Å². The zero-order valence-electron chi connectivity index (χ0n) is 14.3. The van der Waals surface area contributed by atoms with Crippen LogP contribution in [0.5, 0.6) is 5.75 Å². The van der Waals surface area contributed by atoms with E-state index >= 15 is 0 Å². The largest absolute Gasteiger partial charge is 0.490 e. The number of rotatable bonds is 3. The third-order valence-corrected chi connectivity index (χ3v) is 4.82. The minimum atomic E-state index is 0.225. The van der Waals surface area contributed by atoms with E-state index in [0.717, 1.165) is 59.7 Å². The van der Waals surface area contributed by atoms with Crippen LogP contribution in [0.25, 0.3) is 27.9 Å². The van der Waals surface area contributed by atoms with E-state index in [9.17, 15) is 0 Å². The number of benzene rings is 1. The van der Waals surface area contributed by atoms with Gasteiger partial charge in [-0.2, -0.15) is 0 Å². The van der Waals surface area contributed by atoms with E-state index < -0.39 is 0 Å². The summed E-state index contributed by atoms with van der Waals surface area (Å²) in [5.74, 6) is 0.855. The summed E-state index contributed by atoms with van der Waals surface area (Å²) in [5, 5.41) is 1.14.